The fourth-order valence-corrected chi connectivity index (χ4v) is 2.60. The summed E-state index contributed by atoms with van der Waals surface area (Å²) in [5, 5.41) is 18.5. The number of halogens is 1. The molecule has 0 spiro atoms. The van der Waals surface area contributed by atoms with Crippen LogP contribution in [0.3, 0.4) is 0 Å². The maximum Gasteiger partial charge on any atom is 0.124 e. The van der Waals surface area contributed by atoms with E-state index in [1.165, 1.54) is 0 Å². The Bertz CT molecular complexity index is 922. The van der Waals surface area contributed by atoms with E-state index < -0.39 is 0 Å². The maximum absolute atomic E-state index is 10.1. The number of benzene rings is 3. The number of phenolic OH excluding ortho intramolecular Hbond substituents is 1. The maximum atomic E-state index is 10.1. The smallest absolute Gasteiger partial charge is 0.124 e. The summed E-state index contributed by atoms with van der Waals surface area (Å²) in [6.45, 7) is 2.01. The fraction of sp³-hybridized carbons (Fsp3) is 0.0952. The lowest BCUT2D eigenvalue weighted by Gasteiger charge is -2.07. The van der Waals surface area contributed by atoms with Crippen molar-refractivity contribution in [2.24, 2.45) is 15.2 Å². The molecule has 0 radical (unpaired) electrons. The summed E-state index contributed by atoms with van der Waals surface area (Å²) >= 11 is 3.43. The Kier molecular flexibility index (Phi) is 5.92. The highest BCUT2D eigenvalue weighted by atomic mass is 79.9. The first-order valence-electron chi connectivity index (χ1n) is 8.20. The lowest BCUT2D eigenvalue weighted by atomic mass is 10.1. The molecule has 0 aliphatic heterocycles. The van der Waals surface area contributed by atoms with E-state index in [0.717, 1.165) is 15.7 Å². The van der Waals surface area contributed by atoms with Gasteiger partial charge in [-0.15, -0.1) is 0 Å². The summed E-state index contributed by atoms with van der Waals surface area (Å²) in [7, 11) is 0. The first kappa shape index (κ1) is 18.0. The minimum absolute atomic E-state index is 0.0166. The Labute approximate surface area is 161 Å². The van der Waals surface area contributed by atoms with E-state index in [4.69, 9.17) is 0 Å². The lowest BCUT2D eigenvalue weighted by molar-refractivity contribution is 0.474. The SMILES string of the molecule is C[C@@H](N=Cc1cc(N=Nc2ccccc2)ccc1O)c1ccc(Br)cc1. The van der Waals surface area contributed by atoms with Crippen molar-refractivity contribution < 1.29 is 5.11 Å². The molecule has 0 unspecified atom stereocenters. The third kappa shape index (κ3) is 4.86. The van der Waals surface area contributed by atoms with Gasteiger partial charge in [-0.2, -0.15) is 10.2 Å². The minimum atomic E-state index is -0.0166. The highest BCUT2D eigenvalue weighted by molar-refractivity contribution is 9.10. The quantitative estimate of drug-likeness (QED) is 0.368. The van der Waals surface area contributed by atoms with Gasteiger partial charge in [0.15, 0.2) is 0 Å². The van der Waals surface area contributed by atoms with Crippen LogP contribution in [0.5, 0.6) is 5.75 Å². The zero-order valence-electron chi connectivity index (χ0n) is 14.2. The van der Waals surface area contributed by atoms with Gasteiger partial charge in [-0.1, -0.05) is 46.3 Å². The second-order valence-corrected chi connectivity index (χ2v) is 6.70. The molecule has 1 atom stereocenters. The Hall–Kier alpha value is -2.79. The van der Waals surface area contributed by atoms with Crippen LogP contribution in [0.15, 0.2) is 92.5 Å². The van der Waals surface area contributed by atoms with Crippen molar-refractivity contribution in [3.63, 3.8) is 0 Å². The summed E-state index contributed by atoms with van der Waals surface area (Å²) < 4.78 is 1.03. The van der Waals surface area contributed by atoms with Crippen LogP contribution in [0.2, 0.25) is 0 Å². The van der Waals surface area contributed by atoms with E-state index in [1.807, 2.05) is 61.5 Å². The van der Waals surface area contributed by atoms with Gasteiger partial charge in [-0.25, -0.2) is 0 Å². The Morgan fingerprint density at radius 3 is 2.31 bits per heavy atom. The van der Waals surface area contributed by atoms with E-state index in [2.05, 4.69) is 31.2 Å². The Balaban J connectivity index is 1.77. The molecule has 130 valence electrons. The number of rotatable bonds is 5. The van der Waals surface area contributed by atoms with Gasteiger partial charge in [-0.3, -0.25) is 4.99 Å². The topological polar surface area (TPSA) is 57.3 Å². The van der Waals surface area contributed by atoms with Gasteiger partial charge in [-0.05, 0) is 55.0 Å². The predicted molar refractivity (Wildman–Crippen MR) is 109 cm³/mol. The predicted octanol–water partition coefficient (Wildman–Crippen LogP) is 6.75. The van der Waals surface area contributed by atoms with Crippen LogP contribution in [0.4, 0.5) is 11.4 Å². The first-order valence-corrected chi connectivity index (χ1v) is 8.99. The number of phenols is 1. The average molecular weight is 408 g/mol. The molecule has 0 aromatic heterocycles. The molecule has 3 aromatic rings. The van der Waals surface area contributed by atoms with Gasteiger partial charge < -0.3 is 5.11 Å². The molecular weight excluding hydrogens is 390 g/mol. The Morgan fingerprint density at radius 2 is 1.58 bits per heavy atom. The summed E-state index contributed by atoms with van der Waals surface area (Å²) in [6.07, 6.45) is 1.67. The second kappa shape index (κ2) is 8.54. The zero-order valence-corrected chi connectivity index (χ0v) is 15.8. The molecule has 1 N–H and O–H groups in total. The molecule has 0 heterocycles. The van der Waals surface area contributed by atoms with Gasteiger partial charge >= 0.3 is 0 Å². The molecule has 0 saturated carbocycles. The summed E-state index contributed by atoms with van der Waals surface area (Å²) in [5.74, 6) is 0.162. The van der Waals surface area contributed by atoms with Crippen molar-refractivity contribution in [3.05, 3.63) is 88.4 Å². The molecule has 0 saturated heterocycles. The van der Waals surface area contributed by atoms with Gasteiger partial charge in [0.25, 0.3) is 0 Å². The molecule has 0 bridgehead atoms. The number of azo groups is 1. The van der Waals surface area contributed by atoms with Crippen LogP contribution in [0.1, 0.15) is 24.1 Å². The average Bonchev–Trinajstić information content (AvgIpc) is 2.67. The normalized spacial score (nSPS) is 12.7. The van der Waals surface area contributed by atoms with Crippen molar-refractivity contribution in [1.29, 1.82) is 0 Å². The van der Waals surface area contributed by atoms with Crippen LogP contribution in [0.25, 0.3) is 0 Å². The number of hydrogen-bond acceptors (Lipinski definition) is 4. The molecule has 5 heteroatoms. The zero-order chi connectivity index (χ0) is 18.4. The van der Waals surface area contributed by atoms with E-state index in [9.17, 15) is 5.11 Å². The fourth-order valence-electron chi connectivity index (χ4n) is 2.34. The van der Waals surface area contributed by atoms with Crippen LogP contribution >= 0.6 is 15.9 Å². The molecule has 3 aromatic carbocycles. The summed E-state index contributed by atoms with van der Waals surface area (Å²) in [5.41, 5.74) is 3.14. The first-order chi connectivity index (χ1) is 12.6. The van der Waals surface area contributed by atoms with Crippen molar-refractivity contribution in [2.45, 2.75) is 13.0 Å². The van der Waals surface area contributed by atoms with Gasteiger partial charge in [0.1, 0.15) is 5.75 Å². The van der Waals surface area contributed by atoms with Crippen molar-refractivity contribution in [2.75, 3.05) is 0 Å². The number of aliphatic imine (C=N–C) groups is 1. The third-order valence-electron chi connectivity index (χ3n) is 3.84. The minimum Gasteiger partial charge on any atom is -0.507 e. The highest BCUT2D eigenvalue weighted by Crippen LogP contribution is 2.25. The standard InChI is InChI=1S/C21H18BrN3O/c1-15(16-7-9-18(22)10-8-16)23-14-17-13-20(11-12-21(17)26)25-24-19-5-3-2-4-6-19/h2-15,26H,1H3/t15-/m1/s1. The van der Waals surface area contributed by atoms with Crippen LogP contribution in [-0.2, 0) is 0 Å². The third-order valence-corrected chi connectivity index (χ3v) is 4.37. The number of nitrogens with zero attached hydrogens (tertiary/aromatic N) is 3. The molecule has 4 nitrogen and oxygen atoms in total. The molecule has 0 aliphatic carbocycles. The van der Waals surface area contributed by atoms with Crippen LogP contribution in [0, 0.1) is 0 Å². The monoisotopic (exact) mass is 407 g/mol. The van der Waals surface area contributed by atoms with E-state index >= 15 is 0 Å². The van der Waals surface area contributed by atoms with Gasteiger partial charge in [0.2, 0.25) is 0 Å². The van der Waals surface area contributed by atoms with Crippen LogP contribution in [-0.4, -0.2) is 11.3 Å². The molecule has 26 heavy (non-hydrogen) atoms. The van der Waals surface area contributed by atoms with Crippen molar-refractivity contribution >= 4 is 33.5 Å². The summed E-state index contributed by atoms with van der Waals surface area (Å²) in [6, 6.07) is 22.6. The Morgan fingerprint density at radius 1 is 0.885 bits per heavy atom. The van der Waals surface area contributed by atoms with E-state index in [-0.39, 0.29) is 11.8 Å². The van der Waals surface area contributed by atoms with Gasteiger partial charge in [0, 0.05) is 16.3 Å². The van der Waals surface area contributed by atoms with E-state index in [0.29, 0.717) is 11.3 Å². The highest BCUT2D eigenvalue weighted by Gasteiger charge is 2.04. The number of hydrogen-bond donors (Lipinski definition) is 1. The van der Waals surface area contributed by atoms with Crippen LogP contribution < -0.4 is 0 Å². The number of aromatic hydroxyl groups is 1. The van der Waals surface area contributed by atoms with Gasteiger partial charge in [0.05, 0.1) is 17.4 Å². The van der Waals surface area contributed by atoms with Crippen molar-refractivity contribution in [1.82, 2.24) is 0 Å². The van der Waals surface area contributed by atoms with Crippen molar-refractivity contribution in [3.8, 4) is 5.75 Å². The molecule has 0 fully saturated rings. The molecular formula is C21H18BrN3O. The second-order valence-electron chi connectivity index (χ2n) is 5.78. The largest absolute Gasteiger partial charge is 0.507 e. The lowest BCUT2D eigenvalue weighted by Crippen LogP contribution is -1.91. The molecule has 0 aliphatic rings. The van der Waals surface area contributed by atoms with E-state index in [1.54, 1.807) is 24.4 Å². The molecule has 3 rings (SSSR count). The summed E-state index contributed by atoms with van der Waals surface area (Å²) in [4.78, 5) is 4.54. The molecule has 0 amide bonds.